The van der Waals surface area contributed by atoms with Crippen LogP contribution in [0.15, 0.2) is 176 Å². The minimum atomic E-state index is 0.0183. The normalized spacial score (nSPS) is 11.5. The van der Waals surface area contributed by atoms with Crippen molar-refractivity contribution in [2.75, 3.05) is 0 Å². The van der Waals surface area contributed by atoms with Crippen molar-refractivity contribution in [3.05, 3.63) is 232 Å². The van der Waals surface area contributed by atoms with Gasteiger partial charge >= 0.3 is 0 Å². The van der Waals surface area contributed by atoms with Gasteiger partial charge in [0, 0.05) is 28.5 Å². The largest absolute Gasteiger partial charge is 0.254 e. The van der Waals surface area contributed by atoms with Crippen LogP contribution >= 0.6 is 0 Å². The van der Waals surface area contributed by atoms with E-state index in [1.165, 1.54) is 72.6 Å². The number of benzene rings is 6. The van der Waals surface area contributed by atoms with Crippen LogP contribution in [-0.4, -0.2) is 4.40 Å². The fraction of sp³-hybridized carbons (Fsp3) is 0.122. The number of aryl methyl sites for hydroxylation is 4. The summed E-state index contributed by atoms with van der Waals surface area (Å²) >= 11 is 0. The standard InChI is InChI=1S/C49H43N2/c1-34-28-36(3)46(37(4)29-34)45-27-17-26-42-32-50(33-51(42)45)49-43(47(38-18-9-5-10-19-38)39-20-11-6-12-21-39)30-35(2)31-44(49)48(40-22-13-7-14-23-40)41-24-15-8-16-25-41/h5-33,47-48H,1-4H3/q+1. The van der Waals surface area contributed by atoms with Crippen LogP contribution in [0.4, 0.5) is 0 Å². The zero-order valence-electron chi connectivity index (χ0n) is 29.8. The second kappa shape index (κ2) is 13.7. The summed E-state index contributed by atoms with van der Waals surface area (Å²) in [5.41, 5.74) is 17.6. The molecule has 0 fully saturated rings. The predicted molar refractivity (Wildman–Crippen MR) is 211 cm³/mol. The molecule has 8 rings (SSSR count). The highest BCUT2D eigenvalue weighted by Crippen LogP contribution is 2.42. The second-order valence-electron chi connectivity index (χ2n) is 13.9. The number of rotatable bonds is 8. The molecule has 2 nitrogen and oxygen atoms in total. The Kier molecular flexibility index (Phi) is 8.67. The highest BCUT2D eigenvalue weighted by atomic mass is 15.1. The Balaban J connectivity index is 1.48. The number of hydrogen-bond acceptors (Lipinski definition) is 0. The molecule has 0 bridgehead atoms. The van der Waals surface area contributed by atoms with Crippen LogP contribution < -0.4 is 4.57 Å². The molecule has 8 aromatic rings. The molecule has 0 saturated carbocycles. The Labute approximate surface area is 302 Å². The Morgan fingerprint density at radius 3 is 1.29 bits per heavy atom. The van der Waals surface area contributed by atoms with Gasteiger partial charge in [0.2, 0.25) is 0 Å². The summed E-state index contributed by atoms with van der Waals surface area (Å²) in [6.07, 6.45) is 4.63. The van der Waals surface area contributed by atoms with Crippen LogP contribution in [0.2, 0.25) is 0 Å². The van der Waals surface area contributed by atoms with Crippen molar-refractivity contribution < 1.29 is 4.57 Å². The molecular formula is C49H43N2+. The molecule has 2 heterocycles. The van der Waals surface area contributed by atoms with Crippen molar-refractivity contribution in [1.29, 1.82) is 0 Å². The van der Waals surface area contributed by atoms with E-state index in [9.17, 15) is 0 Å². The second-order valence-corrected chi connectivity index (χ2v) is 13.9. The lowest BCUT2D eigenvalue weighted by Gasteiger charge is -2.26. The summed E-state index contributed by atoms with van der Waals surface area (Å²) in [5.74, 6) is 0.0367. The van der Waals surface area contributed by atoms with Crippen LogP contribution in [0.1, 0.15) is 67.5 Å². The monoisotopic (exact) mass is 659 g/mol. The maximum atomic E-state index is 2.42. The van der Waals surface area contributed by atoms with Gasteiger partial charge in [0.05, 0.1) is 0 Å². The van der Waals surface area contributed by atoms with Gasteiger partial charge in [0.15, 0.2) is 5.52 Å². The number of imidazole rings is 1. The van der Waals surface area contributed by atoms with E-state index in [0.29, 0.717) is 0 Å². The molecule has 0 atom stereocenters. The smallest absolute Gasteiger partial charge is 0.201 e. The lowest BCUT2D eigenvalue weighted by Crippen LogP contribution is -2.33. The molecule has 0 N–H and O–H groups in total. The lowest BCUT2D eigenvalue weighted by molar-refractivity contribution is -0.595. The maximum absolute atomic E-state index is 2.42. The summed E-state index contributed by atoms with van der Waals surface area (Å²) in [4.78, 5) is 0. The van der Waals surface area contributed by atoms with Crippen LogP contribution in [0, 0.1) is 27.7 Å². The van der Waals surface area contributed by atoms with Gasteiger partial charge < -0.3 is 0 Å². The molecule has 0 spiro atoms. The van der Waals surface area contributed by atoms with Crippen molar-refractivity contribution in [2.24, 2.45) is 0 Å². The van der Waals surface area contributed by atoms with Crippen molar-refractivity contribution in [2.45, 2.75) is 39.5 Å². The van der Waals surface area contributed by atoms with Crippen LogP contribution in [0.3, 0.4) is 0 Å². The fourth-order valence-corrected chi connectivity index (χ4v) is 8.24. The zero-order chi connectivity index (χ0) is 34.9. The van der Waals surface area contributed by atoms with E-state index >= 15 is 0 Å². The summed E-state index contributed by atoms with van der Waals surface area (Å²) in [7, 11) is 0. The molecule has 51 heavy (non-hydrogen) atoms. The maximum Gasteiger partial charge on any atom is 0.254 e. The molecule has 248 valence electrons. The molecular weight excluding hydrogens is 617 g/mol. The van der Waals surface area contributed by atoms with Crippen molar-refractivity contribution in [1.82, 2.24) is 4.40 Å². The van der Waals surface area contributed by atoms with E-state index in [-0.39, 0.29) is 11.8 Å². The Morgan fingerprint density at radius 2 is 0.863 bits per heavy atom. The Hall–Kier alpha value is -5.99. The average molecular weight is 660 g/mol. The van der Waals surface area contributed by atoms with Gasteiger partial charge in [-0.05, 0) is 73.2 Å². The summed E-state index contributed by atoms with van der Waals surface area (Å²) in [6.45, 7) is 8.89. The molecule has 0 aliphatic rings. The topological polar surface area (TPSA) is 8.29 Å². The van der Waals surface area contributed by atoms with Gasteiger partial charge in [-0.2, -0.15) is 4.40 Å². The first-order chi connectivity index (χ1) is 25.0. The first-order valence-corrected chi connectivity index (χ1v) is 17.9. The van der Waals surface area contributed by atoms with Gasteiger partial charge in [-0.1, -0.05) is 163 Å². The van der Waals surface area contributed by atoms with Gasteiger partial charge in [-0.25, -0.2) is 4.57 Å². The van der Waals surface area contributed by atoms with Crippen molar-refractivity contribution in [3.63, 3.8) is 0 Å². The number of fused-ring (bicyclic) bond motifs is 1. The number of aromatic nitrogens is 2. The Bertz CT molecular complexity index is 2240. The van der Waals surface area contributed by atoms with E-state index in [0.717, 1.165) is 5.52 Å². The third-order valence-electron chi connectivity index (χ3n) is 10.2. The molecule has 0 aliphatic heterocycles. The third kappa shape index (κ3) is 6.19. The van der Waals surface area contributed by atoms with Gasteiger partial charge in [-0.15, -0.1) is 0 Å². The quantitative estimate of drug-likeness (QED) is 0.113. The Morgan fingerprint density at radius 1 is 0.451 bits per heavy atom. The fourth-order valence-electron chi connectivity index (χ4n) is 8.24. The van der Waals surface area contributed by atoms with Gasteiger partial charge in [-0.3, -0.25) is 0 Å². The third-order valence-corrected chi connectivity index (χ3v) is 10.2. The molecule has 2 heteroatoms. The molecule has 0 saturated heterocycles. The number of nitrogens with zero attached hydrogens (tertiary/aromatic N) is 2. The first kappa shape index (κ1) is 32.2. The van der Waals surface area contributed by atoms with E-state index < -0.39 is 0 Å². The van der Waals surface area contributed by atoms with E-state index in [2.05, 4.69) is 213 Å². The minimum absolute atomic E-state index is 0.0183. The summed E-state index contributed by atoms with van der Waals surface area (Å²) in [6, 6.07) is 60.1. The number of pyridine rings is 1. The molecule has 0 unspecified atom stereocenters. The zero-order valence-corrected chi connectivity index (χ0v) is 29.8. The van der Waals surface area contributed by atoms with Gasteiger partial charge in [0.25, 0.3) is 6.33 Å². The van der Waals surface area contributed by atoms with Crippen LogP contribution in [-0.2, 0) is 0 Å². The highest BCUT2D eigenvalue weighted by Gasteiger charge is 2.31. The molecule has 0 aliphatic carbocycles. The van der Waals surface area contributed by atoms with Gasteiger partial charge in [0.1, 0.15) is 17.6 Å². The van der Waals surface area contributed by atoms with Crippen molar-refractivity contribution in [3.8, 4) is 16.9 Å². The lowest BCUT2D eigenvalue weighted by atomic mass is 9.78. The highest BCUT2D eigenvalue weighted by molar-refractivity contribution is 5.71. The minimum Gasteiger partial charge on any atom is -0.201 e. The first-order valence-electron chi connectivity index (χ1n) is 17.9. The van der Waals surface area contributed by atoms with Crippen LogP contribution in [0.25, 0.3) is 22.5 Å². The molecule has 6 aromatic carbocycles. The van der Waals surface area contributed by atoms with Crippen LogP contribution in [0.5, 0.6) is 0 Å². The van der Waals surface area contributed by atoms with E-state index in [1.54, 1.807) is 0 Å². The molecule has 0 radical (unpaired) electrons. The SMILES string of the molecule is Cc1cc(C)c(-c2cccc3c[n+](-c4c(C(c5ccccc5)c5ccccc5)cc(C)cc4C(c4ccccc4)c4ccccc4)cn23)c(C)c1. The predicted octanol–water partition coefficient (Wildman–Crippen LogP) is 11.5. The molecule has 0 amide bonds. The van der Waals surface area contributed by atoms with Crippen molar-refractivity contribution >= 4 is 5.52 Å². The van der Waals surface area contributed by atoms with E-state index in [4.69, 9.17) is 0 Å². The average Bonchev–Trinajstić information content (AvgIpc) is 3.58. The number of hydrogen-bond donors (Lipinski definition) is 0. The summed E-state index contributed by atoms with van der Waals surface area (Å²) < 4.78 is 4.78. The summed E-state index contributed by atoms with van der Waals surface area (Å²) in [5, 5.41) is 0. The molecule has 2 aromatic heterocycles. The van der Waals surface area contributed by atoms with E-state index in [1.807, 2.05) is 0 Å².